The van der Waals surface area contributed by atoms with Gasteiger partial charge in [0.1, 0.15) is 16.5 Å². The van der Waals surface area contributed by atoms with E-state index in [2.05, 4.69) is 15.3 Å². The number of benzene rings is 2. The van der Waals surface area contributed by atoms with E-state index >= 15 is 0 Å². The number of rotatable bonds is 5. The van der Waals surface area contributed by atoms with Crippen molar-refractivity contribution in [3.8, 4) is 11.3 Å². The Labute approximate surface area is 205 Å². The highest BCUT2D eigenvalue weighted by atomic mass is 35.5. The lowest BCUT2D eigenvalue weighted by atomic mass is 9.98. The number of aromatic carboxylic acids is 1. The molecule has 0 fully saturated rings. The van der Waals surface area contributed by atoms with Crippen molar-refractivity contribution < 1.29 is 14.3 Å². The van der Waals surface area contributed by atoms with Gasteiger partial charge in [-0.1, -0.05) is 29.8 Å². The van der Waals surface area contributed by atoms with E-state index in [0.717, 1.165) is 16.8 Å². The highest BCUT2D eigenvalue weighted by molar-refractivity contribution is 6.29. The van der Waals surface area contributed by atoms with Crippen LogP contribution < -0.4 is 10.7 Å². The molecule has 176 valence electrons. The Kier molecular flexibility index (Phi) is 5.57. The van der Waals surface area contributed by atoms with Crippen LogP contribution in [0.25, 0.3) is 33.2 Å². The molecule has 8 heteroatoms. The van der Waals surface area contributed by atoms with Crippen LogP contribution in [0.3, 0.4) is 0 Å². The van der Waals surface area contributed by atoms with Crippen molar-refractivity contribution in [2.24, 2.45) is 0 Å². The first-order valence-electron chi connectivity index (χ1n) is 11.0. The highest BCUT2D eigenvalue weighted by Crippen LogP contribution is 2.33. The Hall–Kier alpha value is -4.10. The fourth-order valence-corrected chi connectivity index (χ4v) is 4.51. The SMILES string of the molecule is Cc1cc(C(C)Nc2ccc(Cl)nc2)c2oc(-c3ccc4c(C(=O)O)c[nH]c4c3)c(C)c(=O)c2c1. The Morgan fingerprint density at radius 2 is 1.94 bits per heavy atom. The van der Waals surface area contributed by atoms with Gasteiger partial charge in [-0.05, 0) is 50.6 Å². The fourth-order valence-electron chi connectivity index (χ4n) is 4.40. The molecule has 0 amide bonds. The lowest BCUT2D eigenvalue weighted by molar-refractivity contribution is 0.0699. The highest BCUT2D eigenvalue weighted by Gasteiger charge is 2.20. The maximum atomic E-state index is 13.4. The van der Waals surface area contributed by atoms with E-state index in [4.69, 9.17) is 16.0 Å². The number of hydrogen-bond acceptors (Lipinski definition) is 5. The molecule has 0 radical (unpaired) electrons. The van der Waals surface area contributed by atoms with Gasteiger partial charge in [0, 0.05) is 33.8 Å². The van der Waals surface area contributed by atoms with Crippen molar-refractivity contribution in [2.75, 3.05) is 5.32 Å². The van der Waals surface area contributed by atoms with Gasteiger partial charge in [0.05, 0.1) is 28.9 Å². The average Bonchev–Trinajstić information content (AvgIpc) is 3.26. The summed E-state index contributed by atoms with van der Waals surface area (Å²) in [4.78, 5) is 32.0. The van der Waals surface area contributed by atoms with Crippen LogP contribution in [0.5, 0.6) is 0 Å². The van der Waals surface area contributed by atoms with E-state index in [1.54, 1.807) is 37.4 Å². The van der Waals surface area contributed by atoms with Crippen LogP contribution >= 0.6 is 11.6 Å². The summed E-state index contributed by atoms with van der Waals surface area (Å²) in [5.41, 5.74) is 4.98. The minimum absolute atomic E-state index is 0.107. The second kappa shape index (κ2) is 8.60. The van der Waals surface area contributed by atoms with E-state index < -0.39 is 5.97 Å². The summed E-state index contributed by atoms with van der Waals surface area (Å²) < 4.78 is 6.42. The van der Waals surface area contributed by atoms with Crippen molar-refractivity contribution in [1.29, 1.82) is 0 Å². The van der Waals surface area contributed by atoms with Crippen molar-refractivity contribution in [2.45, 2.75) is 26.8 Å². The van der Waals surface area contributed by atoms with Crippen molar-refractivity contribution in [1.82, 2.24) is 9.97 Å². The van der Waals surface area contributed by atoms with E-state index in [1.165, 1.54) is 6.20 Å². The molecular weight excluding hydrogens is 466 g/mol. The smallest absolute Gasteiger partial charge is 0.337 e. The monoisotopic (exact) mass is 487 g/mol. The molecule has 1 unspecified atom stereocenters. The molecule has 5 aromatic rings. The molecule has 7 nitrogen and oxygen atoms in total. The molecular formula is C27H22ClN3O4. The number of nitrogens with zero attached hydrogens (tertiary/aromatic N) is 1. The lowest BCUT2D eigenvalue weighted by Gasteiger charge is -2.18. The number of carboxylic acid groups (broad SMARTS) is 1. The van der Waals surface area contributed by atoms with Crippen LogP contribution in [-0.2, 0) is 0 Å². The molecule has 0 spiro atoms. The van der Waals surface area contributed by atoms with Crippen LogP contribution in [0.4, 0.5) is 5.69 Å². The van der Waals surface area contributed by atoms with Gasteiger partial charge in [-0.3, -0.25) is 4.79 Å². The van der Waals surface area contributed by atoms with Gasteiger partial charge in [0.15, 0.2) is 5.43 Å². The van der Waals surface area contributed by atoms with Gasteiger partial charge in [0.25, 0.3) is 0 Å². The molecule has 0 aliphatic rings. The summed E-state index contributed by atoms with van der Waals surface area (Å²) in [6, 6.07) is 12.5. The summed E-state index contributed by atoms with van der Waals surface area (Å²) in [7, 11) is 0. The second-order valence-electron chi connectivity index (χ2n) is 8.62. The average molecular weight is 488 g/mol. The Bertz CT molecular complexity index is 1670. The summed E-state index contributed by atoms with van der Waals surface area (Å²) in [6.07, 6.45) is 3.11. The van der Waals surface area contributed by atoms with Gasteiger partial charge in [-0.15, -0.1) is 0 Å². The number of pyridine rings is 1. The molecule has 35 heavy (non-hydrogen) atoms. The number of nitrogens with one attached hydrogen (secondary N) is 2. The van der Waals surface area contributed by atoms with E-state index in [9.17, 15) is 14.7 Å². The minimum Gasteiger partial charge on any atom is -0.478 e. The third-order valence-corrected chi connectivity index (χ3v) is 6.37. The maximum Gasteiger partial charge on any atom is 0.337 e. The van der Waals surface area contributed by atoms with Gasteiger partial charge < -0.3 is 19.8 Å². The number of aryl methyl sites for hydroxylation is 1. The molecule has 0 saturated heterocycles. The topological polar surface area (TPSA) is 108 Å². The summed E-state index contributed by atoms with van der Waals surface area (Å²) in [5.74, 6) is -0.559. The zero-order valence-corrected chi connectivity index (χ0v) is 20.0. The summed E-state index contributed by atoms with van der Waals surface area (Å²) in [6.45, 7) is 5.67. The van der Waals surface area contributed by atoms with E-state index in [1.807, 2.05) is 32.0 Å². The molecule has 0 bridgehead atoms. The number of halogens is 1. The number of carboxylic acids is 1. The van der Waals surface area contributed by atoms with Crippen LogP contribution in [0, 0.1) is 13.8 Å². The molecule has 5 rings (SSSR count). The molecule has 0 saturated carbocycles. The van der Waals surface area contributed by atoms with Gasteiger partial charge in [-0.25, -0.2) is 9.78 Å². The van der Waals surface area contributed by atoms with E-state index in [-0.39, 0.29) is 17.0 Å². The molecule has 3 heterocycles. The van der Waals surface area contributed by atoms with Crippen molar-refractivity contribution >= 4 is 45.1 Å². The Morgan fingerprint density at radius 3 is 2.66 bits per heavy atom. The van der Waals surface area contributed by atoms with Gasteiger partial charge in [-0.2, -0.15) is 0 Å². The third-order valence-electron chi connectivity index (χ3n) is 6.14. The molecule has 2 aromatic carbocycles. The molecule has 1 atom stereocenters. The zero-order valence-electron chi connectivity index (χ0n) is 19.3. The van der Waals surface area contributed by atoms with Crippen LogP contribution in [0.2, 0.25) is 5.15 Å². The number of H-pyrrole nitrogens is 1. The minimum atomic E-state index is -1.00. The number of fused-ring (bicyclic) bond motifs is 2. The Balaban J connectivity index is 1.66. The van der Waals surface area contributed by atoms with Crippen molar-refractivity contribution in [3.63, 3.8) is 0 Å². The zero-order chi connectivity index (χ0) is 24.9. The number of aromatic nitrogens is 2. The summed E-state index contributed by atoms with van der Waals surface area (Å²) >= 11 is 5.91. The van der Waals surface area contributed by atoms with Crippen LogP contribution in [0.15, 0.2) is 64.1 Å². The predicted octanol–water partition coefficient (Wildman–Crippen LogP) is 6.48. The maximum absolute atomic E-state index is 13.4. The largest absolute Gasteiger partial charge is 0.478 e. The Morgan fingerprint density at radius 1 is 1.14 bits per heavy atom. The van der Waals surface area contributed by atoms with Crippen LogP contribution in [-0.4, -0.2) is 21.0 Å². The van der Waals surface area contributed by atoms with Crippen LogP contribution in [0.1, 0.15) is 40.0 Å². The standard InChI is InChI=1S/C27H22ClN3O4/c1-13-8-19(15(3)31-17-5-7-23(28)30-11-17)26-20(9-13)24(32)14(2)25(35-26)16-4-6-18-21(27(33)34)12-29-22(18)10-16/h4-12,15,29,31H,1-3H3,(H,33,34). The summed E-state index contributed by atoms with van der Waals surface area (Å²) in [5, 5.41) is 14.3. The number of anilines is 1. The fraction of sp³-hybridized carbons (Fsp3) is 0.148. The van der Waals surface area contributed by atoms with Gasteiger partial charge >= 0.3 is 5.97 Å². The molecule has 3 N–H and O–H groups in total. The number of hydrogen-bond donors (Lipinski definition) is 3. The number of carbonyl (C=O) groups is 1. The quantitative estimate of drug-likeness (QED) is 0.245. The third kappa shape index (κ3) is 4.04. The first kappa shape index (κ1) is 22.7. The second-order valence-corrected chi connectivity index (χ2v) is 9.01. The molecule has 0 aliphatic heterocycles. The predicted molar refractivity (Wildman–Crippen MR) is 137 cm³/mol. The first-order valence-corrected chi connectivity index (χ1v) is 11.4. The lowest BCUT2D eigenvalue weighted by Crippen LogP contribution is -2.12. The normalized spacial score (nSPS) is 12.2. The van der Waals surface area contributed by atoms with Crippen molar-refractivity contribution in [3.05, 3.63) is 92.5 Å². The van der Waals surface area contributed by atoms with E-state index in [0.29, 0.717) is 43.9 Å². The first-order chi connectivity index (χ1) is 16.7. The molecule has 3 aromatic heterocycles. The molecule has 0 aliphatic carbocycles. The van der Waals surface area contributed by atoms with Gasteiger partial charge in [0.2, 0.25) is 0 Å². The number of aromatic amines is 1.